The number of fused-ring (bicyclic) bond motifs is 1. The molecule has 0 atom stereocenters. The Morgan fingerprint density at radius 2 is 2.19 bits per heavy atom. The molecular formula is C13H18N2O. The van der Waals surface area contributed by atoms with Crippen molar-refractivity contribution in [3.63, 3.8) is 0 Å². The zero-order chi connectivity index (χ0) is 11.7. The Kier molecular flexibility index (Phi) is 2.97. The van der Waals surface area contributed by atoms with Gasteiger partial charge >= 0.3 is 0 Å². The zero-order valence-electron chi connectivity index (χ0n) is 10.2. The van der Waals surface area contributed by atoms with Crippen LogP contribution >= 0.6 is 0 Å². The maximum absolute atomic E-state index is 12.0. The number of benzene rings is 1. The minimum absolute atomic E-state index is 0.188. The molecule has 3 nitrogen and oxygen atoms in total. The van der Waals surface area contributed by atoms with E-state index in [-0.39, 0.29) is 5.91 Å². The van der Waals surface area contributed by atoms with Gasteiger partial charge in [-0.15, -0.1) is 0 Å². The summed E-state index contributed by atoms with van der Waals surface area (Å²) in [6.07, 6.45) is 0.982. The summed E-state index contributed by atoms with van der Waals surface area (Å²) in [4.78, 5) is 15.8. The van der Waals surface area contributed by atoms with Crippen LogP contribution in [-0.2, 0) is 11.2 Å². The summed E-state index contributed by atoms with van der Waals surface area (Å²) in [6.45, 7) is 3.39. The van der Waals surface area contributed by atoms with Gasteiger partial charge in [0.1, 0.15) is 0 Å². The SMILES string of the molecule is Cc1ccc2c(c1)CCN2C(=O)CN(C)C. The van der Waals surface area contributed by atoms with E-state index >= 15 is 0 Å². The Morgan fingerprint density at radius 1 is 1.44 bits per heavy atom. The molecule has 0 spiro atoms. The van der Waals surface area contributed by atoms with Crippen molar-refractivity contribution in [2.24, 2.45) is 0 Å². The first-order valence-electron chi connectivity index (χ1n) is 5.62. The maximum Gasteiger partial charge on any atom is 0.241 e. The molecule has 1 heterocycles. The van der Waals surface area contributed by atoms with Crippen molar-refractivity contribution in [3.05, 3.63) is 29.3 Å². The van der Waals surface area contributed by atoms with Crippen molar-refractivity contribution < 1.29 is 4.79 Å². The van der Waals surface area contributed by atoms with E-state index in [9.17, 15) is 4.79 Å². The van der Waals surface area contributed by atoms with Crippen LogP contribution in [0.5, 0.6) is 0 Å². The van der Waals surface area contributed by atoms with Gasteiger partial charge < -0.3 is 9.80 Å². The summed E-state index contributed by atoms with van der Waals surface area (Å²) in [5.74, 6) is 0.188. The van der Waals surface area contributed by atoms with Crippen LogP contribution in [0.15, 0.2) is 18.2 Å². The molecule has 0 unspecified atom stereocenters. The second-order valence-corrected chi connectivity index (χ2v) is 4.67. The molecule has 1 aliphatic heterocycles. The smallest absolute Gasteiger partial charge is 0.241 e. The number of rotatable bonds is 2. The fourth-order valence-corrected chi connectivity index (χ4v) is 2.15. The van der Waals surface area contributed by atoms with Crippen LogP contribution in [0.25, 0.3) is 0 Å². The van der Waals surface area contributed by atoms with E-state index in [0.29, 0.717) is 6.54 Å². The average molecular weight is 218 g/mol. The molecule has 1 aromatic carbocycles. The Labute approximate surface area is 96.7 Å². The normalized spacial score (nSPS) is 14.4. The van der Waals surface area contributed by atoms with E-state index in [1.807, 2.05) is 23.9 Å². The van der Waals surface area contributed by atoms with E-state index in [0.717, 1.165) is 18.7 Å². The first-order valence-corrected chi connectivity index (χ1v) is 5.62. The number of hydrogen-bond donors (Lipinski definition) is 0. The number of carbonyl (C=O) groups excluding carboxylic acids is 1. The van der Waals surface area contributed by atoms with Crippen LogP contribution in [0.1, 0.15) is 11.1 Å². The third-order valence-electron chi connectivity index (χ3n) is 2.88. The molecule has 0 aromatic heterocycles. The summed E-state index contributed by atoms with van der Waals surface area (Å²) >= 11 is 0. The highest BCUT2D eigenvalue weighted by Gasteiger charge is 2.24. The number of nitrogens with zero attached hydrogens (tertiary/aromatic N) is 2. The molecule has 16 heavy (non-hydrogen) atoms. The predicted molar refractivity (Wildman–Crippen MR) is 65.8 cm³/mol. The van der Waals surface area contributed by atoms with Crippen LogP contribution in [0.3, 0.4) is 0 Å². The van der Waals surface area contributed by atoms with Crippen LogP contribution in [0.2, 0.25) is 0 Å². The molecule has 0 N–H and O–H groups in total. The van der Waals surface area contributed by atoms with Crippen molar-refractivity contribution in [3.8, 4) is 0 Å². The van der Waals surface area contributed by atoms with Gasteiger partial charge in [-0.05, 0) is 39.1 Å². The van der Waals surface area contributed by atoms with E-state index < -0.39 is 0 Å². The predicted octanol–water partition coefficient (Wildman–Crippen LogP) is 1.45. The largest absolute Gasteiger partial charge is 0.311 e. The van der Waals surface area contributed by atoms with E-state index in [2.05, 4.69) is 25.1 Å². The second-order valence-electron chi connectivity index (χ2n) is 4.67. The molecule has 0 bridgehead atoms. The number of hydrogen-bond acceptors (Lipinski definition) is 2. The molecule has 1 amide bonds. The average Bonchev–Trinajstić information content (AvgIpc) is 2.59. The van der Waals surface area contributed by atoms with Crippen LogP contribution in [0, 0.1) is 6.92 Å². The first-order chi connectivity index (χ1) is 7.58. The first kappa shape index (κ1) is 11.1. The summed E-state index contributed by atoms with van der Waals surface area (Å²) < 4.78 is 0. The molecule has 0 saturated carbocycles. The Bertz CT molecular complexity index is 412. The van der Waals surface area contributed by atoms with Crippen molar-refractivity contribution in [1.29, 1.82) is 0 Å². The zero-order valence-corrected chi connectivity index (χ0v) is 10.2. The highest BCUT2D eigenvalue weighted by atomic mass is 16.2. The van der Waals surface area contributed by atoms with Gasteiger partial charge in [-0.25, -0.2) is 0 Å². The lowest BCUT2D eigenvalue weighted by Crippen LogP contribution is -2.36. The standard InChI is InChI=1S/C13H18N2O/c1-10-4-5-12-11(8-10)6-7-15(12)13(16)9-14(2)3/h4-5,8H,6-7,9H2,1-3H3. The lowest BCUT2D eigenvalue weighted by atomic mass is 10.1. The van der Waals surface area contributed by atoms with E-state index in [1.165, 1.54) is 11.1 Å². The van der Waals surface area contributed by atoms with Crippen molar-refractivity contribution >= 4 is 11.6 Å². The molecular weight excluding hydrogens is 200 g/mol. The van der Waals surface area contributed by atoms with E-state index in [4.69, 9.17) is 0 Å². The molecule has 3 heteroatoms. The Balaban J connectivity index is 2.20. The quantitative estimate of drug-likeness (QED) is 0.750. The molecule has 0 aliphatic carbocycles. The van der Waals surface area contributed by atoms with Crippen LogP contribution in [-0.4, -0.2) is 38.0 Å². The highest BCUT2D eigenvalue weighted by Crippen LogP contribution is 2.28. The molecule has 0 fully saturated rings. The van der Waals surface area contributed by atoms with Gasteiger partial charge in [0, 0.05) is 12.2 Å². The Hall–Kier alpha value is -1.35. The molecule has 1 aromatic rings. The van der Waals surface area contributed by atoms with Gasteiger partial charge in [0.2, 0.25) is 5.91 Å². The number of likely N-dealkylation sites (N-methyl/N-ethyl adjacent to an activating group) is 1. The van der Waals surface area contributed by atoms with Crippen molar-refractivity contribution in [2.45, 2.75) is 13.3 Å². The fourth-order valence-electron chi connectivity index (χ4n) is 2.15. The van der Waals surface area contributed by atoms with E-state index in [1.54, 1.807) is 0 Å². The van der Waals surface area contributed by atoms with Gasteiger partial charge in [-0.3, -0.25) is 4.79 Å². The molecule has 2 rings (SSSR count). The summed E-state index contributed by atoms with van der Waals surface area (Å²) in [5, 5.41) is 0. The van der Waals surface area contributed by atoms with Gasteiger partial charge in [0.15, 0.2) is 0 Å². The molecule has 0 radical (unpaired) electrons. The van der Waals surface area contributed by atoms with Gasteiger partial charge in [-0.2, -0.15) is 0 Å². The molecule has 1 aliphatic rings. The second kappa shape index (κ2) is 4.26. The monoisotopic (exact) mass is 218 g/mol. The number of aryl methyl sites for hydroxylation is 1. The number of anilines is 1. The number of carbonyl (C=O) groups is 1. The van der Waals surface area contributed by atoms with Crippen molar-refractivity contribution in [1.82, 2.24) is 4.90 Å². The Morgan fingerprint density at radius 3 is 2.88 bits per heavy atom. The lowest BCUT2D eigenvalue weighted by Gasteiger charge is -2.19. The van der Waals surface area contributed by atoms with Gasteiger partial charge in [-0.1, -0.05) is 17.7 Å². The third-order valence-corrected chi connectivity index (χ3v) is 2.88. The van der Waals surface area contributed by atoms with Crippen LogP contribution in [0.4, 0.5) is 5.69 Å². The number of amides is 1. The highest BCUT2D eigenvalue weighted by molar-refractivity contribution is 5.96. The minimum Gasteiger partial charge on any atom is -0.311 e. The van der Waals surface area contributed by atoms with Crippen molar-refractivity contribution in [2.75, 3.05) is 32.1 Å². The lowest BCUT2D eigenvalue weighted by molar-refractivity contribution is -0.119. The maximum atomic E-state index is 12.0. The third kappa shape index (κ3) is 2.09. The van der Waals surface area contributed by atoms with Gasteiger partial charge in [0.05, 0.1) is 6.54 Å². The summed E-state index contributed by atoms with van der Waals surface area (Å²) in [5.41, 5.74) is 3.66. The van der Waals surface area contributed by atoms with Gasteiger partial charge in [0.25, 0.3) is 0 Å². The van der Waals surface area contributed by atoms with Crippen LogP contribution < -0.4 is 4.90 Å². The topological polar surface area (TPSA) is 23.6 Å². The molecule has 0 saturated heterocycles. The fraction of sp³-hybridized carbons (Fsp3) is 0.462. The minimum atomic E-state index is 0.188. The molecule has 86 valence electrons. The summed E-state index contributed by atoms with van der Waals surface area (Å²) in [7, 11) is 3.84. The summed E-state index contributed by atoms with van der Waals surface area (Å²) in [6, 6.07) is 6.31.